The molecule has 0 radical (unpaired) electrons. The average molecular weight is 484 g/mol. The molecule has 0 fully saturated rings. The molecule has 0 saturated heterocycles. The number of carbonyl (C=O) groups excluding carboxylic acids is 2. The first-order valence-corrected chi connectivity index (χ1v) is 12.1. The van der Waals surface area contributed by atoms with Gasteiger partial charge in [0.15, 0.2) is 10.0 Å². The standard InChI is InChI=1S/C23H21N3O5S2/c1-3-33(29)19-10-6-16(7-11-19)21(31-18-8-4-15(13-24)5-9-18)22(28)26-23-25-17(14-32-23)12-20(27)30-2/h4-11,14,21H,3,12H2,1-2H3,(H,25,26,28). The Kier molecular flexibility index (Phi) is 8.43. The van der Waals surface area contributed by atoms with Crippen LogP contribution >= 0.6 is 11.3 Å². The van der Waals surface area contributed by atoms with Crippen LogP contribution in [-0.4, -0.2) is 34.3 Å². The van der Waals surface area contributed by atoms with Crippen molar-refractivity contribution in [3.63, 3.8) is 0 Å². The molecule has 3 aromatic rings. The van der Waals surface area contributed by atoms with Gasteiger partial charge >= 0.3 is 5.97 Å². The minimum Gasteiger partial charge on any atom is -0.611 e. The average Bonchev–Trinajstić information content (AvgIpc) is 3.28. The van der Waals surface area contributed by atoms with Gasteiger partial charge in [0.25, 0.3) is 5.91 Å². The molecule has 8 nitrogen and oxygen atoms in total. The van der Waals surface area contributed by atoms with Crippen molar-refractivity contribution >= 4 is 39.5 Å². The molecule has 2 unspecified atom stereocenters. The summed E-state index contributed by atoms with van der Waals surface area (Å²) < 4.78 is 22.6. The minimum atomic E-state index is -1.12. The zero-order chi connectivity index (χ0) is 23.8. The van der Waals surface area contributed by atoms with Gasteiger partial charge in [-0.05, 0) is 66.6 Å². The first-order chi connectivity index (χ1) is 15.9. The highest BCUT2D eigenvalue weighted by Crippen LogP contribution is 2.26. The van der Waals surface area contributed by atoms with Crippen LogP contribution in [0.25, 0.3) is 0 Å². The number of hydrogen-bond acceptors (Lipinski definition) is 8. The number of nitriles is 1. The van der Waals surface area contributed by atoms with Gasteiger partial charge in [-0.15, -0.1) is 11.3 Å². The summed E-state index contributed by atoms with van der Waals surface area (Å²) in [6.07, 6.45) is -1.03. The number of carbonyl (C=O) groups is 2. The quantitative estimate of drug-likeness (QED) is 0.364. The van der Waals surface area contributed by atoms with Gasteiger partial charge in [0.1, 0.15) is 11.5 Å². The fourth-order valence-corrected chi connectivity index (χ4v) is 4.30. The van der Waals surface area contributed by atoms with Crippen molar-refractivity contribution in [2.75, 3.05) is 18.2 Å². The van der Waals surface area contributed by atoms with Gasteiger partial charge in [0.2, 0.25) is 6.10 Å². The molecule has 10 heteroatoms. The molecule has 0 aliphatic rings. The van der Waals surface area contributed by atoms with Crippen LogP contribution in [0.4, 0.5) is 5.13 Å². The van der Waals surface area contributed by atoms with Crippen molar-refractivity contribution in [3.05, 3.63) is 70.7 Å². The summed E-state index contributed by atoms with van der Waals surface area (Å²) in [5.41, 5.74) is 1.51. The molecule has 2 aromatic carbocycles. The van der Waals surface area contributed by atoms with Crippen molar-refractivity contribution in [3.8, 4) is 11.8 Å². The van der Waals surface area contributed by atoms with Crippen LogP contribution in [0.3, 0.4) is 0 Å². The number of aromatic nitrogens is 1. The lowest BCUT2D eigenvalue weighted by Crippen LogP contribution is -2.25. The van der Waals surface area contributed by atoms with Crippen LogP contribution in [0.5, 0.6) is 5.75 Å². The van der Waals surface area contributed by atoms with E-state index in [0.717, 1.165) is 0 Å². The van der Waals surface area contributed by atoms with Crippen molar-refractivity contribution in [2.24, 2.45) is 0 Å². The number of nitrogens with one attached hydrogen (secondary N) is 1. The molecule has 33 heavy (non-hydrogen) atoms. The molecule has 1 heterocycles. The Hall–Kier alpha value is -3.39. The zero-order valence-electron chi connectivity index (χ0n) is 17.9. The van der Waals surface area contributed by atoms with Crippen molar-refractivity contribution in [2.45, 2.75) is 24.3 Å². The number of hydrogen-bond donors (Lipinski definition) is 1. The van der Waals surface area contributed by atoms with E-state index in [9.17, 15) is 14.1 Å². The number of thiazole rings is 1. The fourth-order valence-electron chi connectivity index (χ4n) is 2.81. The predicted octanol–water partition coefficient (Wildman–Crippen LogP) is 3.62. The third kappa shape index (κ3) is 6.55. The highest BCUT2D eigenvalue weighted by Gasteiger charge is 2.25. The number of esters is 1. The molecule has 0 saturated carbocycles. The Balaban J connectivity index is 1.83. The molecule has 0 bridgehead atoms. The largest absolute Gasteiger partial charge is 0.611 e. The lowest BCUT2D eigenvalue weighted by atomic mass is 10.1. The summed E-state index contributed by atoms with van der Waals surface area (Å²) in [5.74, 6) is -0.00324. The maximum atomic E-state index is 13.1. The molecular formula is C23H21N3O5S2. The molecule has 1 aromatic heterocycles. The second kappa shape index (κ2) is 11.5. The number of benzene rings is 2. The molecule has 0 spiro atoms. The third-order valence-corrected chi connectivity index (χ3v) is 6.65. The summed E-state index contributed by atoms with van der Waals surface area (Å²) in [6.45, 7) is 1.83. The summed E-state index contributed by atoms with van der Waals surface area (Å²) in [7, 11) is 1.30. The molecule has 1 N–H and O–H groups in total. The van der Waals surface area contributed by atoms with E-state index in [-0.39, 0.29) is 6.42 Å². The molecule has 2 atom stereocenters. The summed E-state index contributed by atoms with van der Waals surface area (Å²) in [5, 5.41) is 13.7. The summed E-state index contributed by atoms with van der Waals surface area (Å²) in [4.78, 5) is 29.5. The second-order valence-corrected chi connectivity index (χ2v) is 9.32. The highest BCUT2D eigenvalue weighted by atomic mass is 32.2. The lowest BCUT2D eigenvalue weighted by Gasteiger charge is -2.19. The predicted molar refractivity (Wildman–Crippen MR) is 124 cm³/mol. The molecule has 1 amide bonds. The number of amides is 1. The number of nitrogens with zero attached hydrogens (tertiary/aromatic N) is 2. The number of anilines is 1. The first kappa shape index (κ1) is 24.3. The van der Waals surface area contributed by atoms with Gasteiger partial charge in [0, 0.05) is 10.9 Å². The van der Waals surface area contributed by atoms with Gasteiger partial charge < -0.3 is 14.0 Å². The van der Waals surface area contributed by atoms with Crippen molar-refractivity contribution in [1.82, 2.24) is 4.98 Å². The van der Waals surface area contributed by atoms with E-state index in [0.29, 0.717) is 38.4 Å². The van der Waals surface area contributed by atoms with E-state index >= 15 is 0 Å². The number of ether oxygens (including phenoxy) is 2. The Morgan fingerprint density at radius 1 is 1.21 bits per heavy atom. The number of methoxy groups -OCH3 is 1. The van der Waals surface area contributed by atoms with E-state index in [1.807, 2.05) is 13.0 Å². The molecule has 0 aliphatic heterocycles. The molecular weight excluding hydrogens is 462 g/mol. The topological polar surface area (TPSA) is 124 Å². The SMILES string of the molecule is CC[S+]([O-])c1ccc(C(Oc2ccc(C#N)cc2)C(=O)Nc2nc(CC(=O)OC)cs2)cc1. The number of rotatable bonds is 9. The fraction of sp³-hybridized carbons (Fsp3) is 0.217. The zero-order valence-corrected chi connectivity index (χ0v) is 19.6. The van der Waals surface area contributed by atoms with E-state index in [4.69, 9.17) is 10.00 Å². The van der Waals surface area contributed by atoms with E-state index in [1.54, 1.807) is 53.9 Å². The van der Waals surface area contributed by atoms with Crippen LogP contribution in [-0.2, 0) is 31.9 Å². The summed E-state index contributed by atoms with van der Waals surface area (Å²) >= 11 is 0.0638. The Morgan fingerprint density at radius 3 is 2.52 bits per heavy atom. The van der Waals surface area contributed by atoms with Crippen molar-refractivity contribution < 1.29 is 23.6 Å². The Morgan fingerprint density at radius 2 is 1.91 bits per heavy atom. The Bertz CT molecular complexity index is 1140. The van der Waals surface area contributed by atoms with Crippen LogP contribution in [0.1, 0.15) is 29.8 Å². The smallest absolute Gasteiger partial charge is 0.311 e. The monoisotopic (exact) mass is 483 g/mol. The minimum absolute atomic E-state index is 0.00404. The summed E-state index contributed by atoms with van der Waals surface area (Å²) in [6, 6.07) is 15.2. The lowest BCUT2D eigenvalue weighted by molar-refractivity contribution is -0.139. The van der Waals surface area contributed by atoms with Gasteiger partial charge in [-0.1, -0.05) is 0 Å². The van der Waals surface area contributed by atoms with Crippen LogP contribution in [0.2, 0.25) is 0 Å². The first-order valence-electron chi connectivity index (χ1n) is 9.90. The molecule has 170 valence electrons. The molecule has 0 aliphatic carbocycles. The van der Waals surface area contributed by atoms with E-state index in [2.05, 4.69) is 15.0 Å². The van der Waals surface area contributed by atoms with E-state index in [1.165, 1.54) is 18.4 Å². The van der Waals surface area contributed by atoms with Crippen LogP contribution in [0, 0.1) is 11.3 Å². The highest BCUT2D eigenvalue weighted by molar-refractivity contribution is 7.91. The van der Waals surface area contributed by atoms with Gasteiger partial charge in [0.05, 0.1) is 30.9 Å². The second-order valence-electron chi connectivity index (χ2n) is 6.72. The third-order valence-electron chi connectivity index (χ3n) is 4.52. The van der Waals surface area contributed by atoms with Crippen molar-refractivity contribution in [1.29, 1.82) is 5.26 Å². The van der Waals surface area contributed by atoms with Gasteiger partial charge in [-0.25, -0.2) is 4.98 Å². The Labute approximate surface area is 198 Å². The maximum Gasteiger partial charge on any atom is 0.311 e. The normalized spacial score (nSPS) is 12.3. The van der Waals surface area contributed by atoms with Crippen LogP contribution in [0.15, 0.2) is 58.8 Å². The van der Waals surface area contributed by atoms with Gasteiger partial charge in [-0.3, -0.25) is 14.9 Å². The van der Waals surface area contributed by atoms with Gasteiger partial charge in [-0.2, -0.15) is 5.26 Å². The van der Waals surface area contributed by atoms with E-state index < -0.39 is 29.2 Å². The maximum absolute atomic E-state index is 13.1. The molecule has 3 rings (SSSR count). The van der Waals surface area contributed by atoms with Crippen LogP contribution < -0.4 is 10.1 Å².